The molecule has 0 aliphatic carbocycles. The van der Waals surface area contributed by atoms with Gasteiger partial charge in [0.1, 0.15) is 24.8 Å². The molecule has 0 saturated heterocycles. The Morgan fingerprint density at radius 1 is 1.06 bits per heavy atom. The largest absolute Gasteiger partial charge is 0.494 e. The minimum atomic E-state index is -0.261. The summed E-state index contributed by atoms with van der Waals surface area (Å²) in [7, 11) is 1.65. The highest BCUT2D eigenvalue weighted by molar-refractivity contribution is 5.83. The van der Waals surface area contributed by atoms with Crippen LogP contribution < -0.4 is 14.5 Å². The van der Waals surface area contributed by atoms with Crippen molar-refractivity contribution in [2.24, 2.45) is 4.99 Å². The number of anilines is 2. The zero-order valence-corrected chi connectivity index (χ0v) is 17.3. The fourth-order valence-electron chi connectivity index (χ4n) is 3.87. The van der Waals surface area contributed by atoms with Crippen LogP contribution in [0.4, 0.5) is 15.8 Å². The zero-order valence-electron chi connectivity index (χ0n) is 17.3. The molecule has 3 aromatic rings. The van der Waals surface area contributed by atoms with Gasteiger partial charge in [-0.1, -0.05) is 0 Å². The second-order valence-corrected chi connectivity index (χ2v) is 7.32. The van der Waals surface area contributed by atoms with Crippen LogP contribution in [-0.4, -0.2) is 42.7 Å². The number of aryl methyl sites for hydroxylation is 1. The van der Waals surface area contributed by atoms with Crippen molar-refractivity contribution < 1.29 is 13.9 Å². The van der Waals surface area contributed by atoms with Crippen LogP contribution >= 0.6 is 0 Å². The van der Waals surface area contributed by atoms with Crippen molar-refractivity contribution in [2.45, 2.75) is 6.92 Å². The number of aromatic nitrogens is 2. The first kappa shape index (κ1) is 19.2. The van der Waals surface area contributed by atoms with Crippen LogP contribution in [0.25, 0.3) is 5.69 Å². The van der Waals surface area contributed by atoms with E-state index in [-0.39, 0.29) is 5.82 Å². The third-order valence-electron chi connectivity index (χ3n) is 5.34. The lowest BCUT2D eigenvalue weighted by Gasteiger charge is -2.40. The van der Waals surface area contributed by atoms with Gasteiger partial charge >= 0.3 is 0 Å². The van der Waals surface area contributed by atoms with Gasteiger partial charge in [0.2, 0.25) is 0 Å². The fourth-order valence-corrected chi connectivity index (χ4v) is 3.87. The van der Waals surface area contributed by atoms with Crippen molar-refractivity contribution in [3.05, 3.63) is 78.1 Å². The third kappa shape index (κ3) is 3.50. The van der Waals surface area contributed by atoms with Gasteiger partial charge in [0.15, 0.2) is 11.6 Å². The number of benzene rings is 2. The Balaban J connectivity index is 1.55. The molecule has 0 unspecified atom stereocenters. The predicted molar refractivity (Wildman–Crippen MR) is 117 cm³/mol. The summed E-state index contributed by atoms with van der Waals surface area (Å²) in [5.74, 6) is 2.02. The second kappa shape index (κ2) is 7.79. The van der Waals surface area contributed by atoms with E-state index in [1.54, 1.807) is 31.8 Å². The number of imidazole rings is 1. The number of nitrogens with zero attached hydrogens (tertiary/aromatic N) is 5. The van der Waals surface area contributed by atoms with Crippen LogP contribution in [0.3, 0.4) is 0 Å². The molecule has 0 radical (unpaired) electrons. The van der Waals surface area contributed by atoms with Gasteiger partial charge in [-0.05, 0) is 43.3 Å². The SMILES string of the molecule is COc1cc(N2CN=CC3=C2N(c2ccc(F)cc2)CCO3)ccc1-n1cnc(C)c1. The Kier molecular flexibility index (Phi) is 4.82. The van der Waals surface area contributed by atoms with Gasteiger partial charge in [0, 0.05) is 23.6 Å². The van der Waals surface area contributed by atoms with E-state index >= 15 is 0 Å². The van der Waals surface area contributed by atoms with Gasteiger partial charge in [-0.2, -0.15) is 0 Å². The normalized spacial score (nSPS) is 15.7. The summed E-state index contributed by atoms with van der Waals surface area (Å²) in [4.78, 5) is 13.0. The number of halogens is 1. The van der Waals surface area contributed by atoms with Crippen LogP contribution in [0.15, 0.2) is 71.6 Å². The highest BCUT2D eigenvalue weighted by Gasteiger charge is 2.30. The van der Waals surface area contributed by atoms with Gasteiger partial charge in [-0.3, -0.25) is 4.99 Å². The molecule has 0 spiro atoms. The van der Waals surface area contributed by atoms with Crippen molar-refractivity contribution in [3.8, 4) is 11.4 Å². The Bertz CT molecular complexity index is 1170. The molecule has 0 atom stereocenters. The topological polar surface area (TPSA) is 55.1 Å². The van der Waals surface area contributed by atoms with Gasteiger partial charge in [-0.25, -0.2) is 9.37 Å². The van der Waals surface area contributed by atoms with Crippen molar-refractivity contribution >= 4 is 17.6 Å². The molecule has 8 heteroatoms. The van der Waals surface area contributed by atoms with E-state index in [0.29, 0.717) is 25.6 Å². The number of methoxy groups -OCH3 is 1. The Morgan fingerprint density at radius 3 is 2.61 bits per heavy atom. The van der Waals surface area contributed by atoms with Gasteiger partial charge in [0.25, 0.3) is 0 Å². The van der Waals surface area contributed by atoms with Crippen LogP contribution in [-0.2, 0) is 4.74 Å². The molecule has 158 valence electrons. The summed E-state index contributed by atoms with van der Waals surface area (Å²) in [5.41, 5.74) is 3.65. The van der Waals surface area contributed by atoms with Crippen molar-refractivity contribution in [1.82, 2.24) is 9.55 Å². The van der Waals surface area contributed by atoms with Crippen molar-refractivity contribution in [2.75, 3.05) is 36.7 Å². The lowest BCUT2D eigenvalue weighted by atomic mass is 10.2. The number of hydrogen-bond donors (Lipinski definition) is 0. The van der Waals surface area contributed by atoms with E-state index in [1.807, 2.05) is 35.9 Å². The molecule has 5 rings (SSSR count). The average Bonchev–Trinajstić information content (AvgIpc) is 3.24. The molecule has 31 heavy (non-hydrogen) atoms. The monoisotopic (exact) mass is 419 g/mol. The lowest BCUT2D eigenvalue weighted by Crippen LogP contribution is -2.44. The van der Waals surface area contributed by atoms with Crippen LogP contribution in [0.5, 0.6) is 5.75 Å². The Morgan fingerprint density at radius 2 is 1.87 bits per heavy atom. The summed E-state index contributed by atoms with van der Waals surface area (Å²) in [5, 5.41) is 0. The van der Waals surface area contributed by atoms with E-state index in [1.165, 1.54) is 12.1 Å². The first-order valence-electron chi connectivity index (χ1n) is 10.0. The number of hydrogen-bond acceptors (Lipinski definition) is 6. The zero-order chi connectivity index (χ0) is 21.4. The summed E-state index contributed by atoms with van der Waals surface area (Å²) in [6, 6.07) is 12.5. The minimum Gasteiger partial charge on any atom is -0.494 e. The maximum absolute atomic E-state index is 13.5. The van der Waals surface area contributed by atoms with E-state index in [0.717, 1.165) is 34.3 Å². The molecular formula is C23H22FN5O2. The summed E-state index contributed by atoms with van der Waals surface area (Å²) < 4.78 is 27.0. The van der Waals surface area contributed by atoms with Gasteiger partial charge in [0.05, 0.1) is 37.6 Å². The summed E-state index contributed by atoms with van der Waals surface area (Å²) in [6.45, 7) is 3.56. The highest BCUT2D eigenvalue weighted by atomic mass is 19.1. The maximum Gasteiger partial charge on any atom is 0.178 e. The van der Waals surface area contributed by atoms with E-state index < -0.39 is 0 Å². The van der Waals surface area contributed by atoms with E-state index in [2.05, 4.69) is 19.8 Å². The van der Waals surface area contributed by atoms with E-state index in [4.69, 9.17) is 9.47 Å². The molecule has 2 aliphatic heterocycles. The average molecular weight is 419 g/mol. The Labute approximate surface area is 179 Å². The molecule has 7 nitrogen and oxygen atoms in total. The van der Waals surface area contributed by atoms with E-state index in [9.17, 15) is 4.39 Å². The number of aliphatic imine (C=N–C) groups is 1. The quantitative estimate of drug-likeness (QED) is 0.642. The first-order chi connectivity index (χ1) is 15.1. The molecule has 2 aromatic carbocycles. The fraction of sp³-hybridized carbons (Fsp3) is 0.217. The maximum atomic E-state index is 13.5. The van der Waals surface area contributed by atoms with Crippen LogP contribution in [0.1, 0.15) is 5.69 Å². The lowest BCUT2D eigenvalue weighted by molar-refractivity contribution is 0.219. The Hall–Kier alpha value is -3.81. The highest BCUT2D eigenvalue weighted by Crippen LogP contribution is 2.35. The van der Waals surface area contributed by atoms with Crippen LogP contribution in [0.2, 0.25) is 0 Å². The molecule has 0 saturated carbocycles. The smallest absolute Gasteiger partial charge is 0.178 e. The molecule has 0 amide bonds. The molecular weight excluding hydrogens is 397 g/mol. The third-order valence-corrected chi connectivity index (χ3v) is 5.34. The van der Waals surface area contributed by atoms with Crippen LogP contribution in [0, 0.1) is 12.7 Å². The standard InChI is InChI=1S/C23H22FN5O2/c1-16-13-27(15-26-16)20-8-7-19(11-21(20)30-2)29-14-25-12-22-23(29)28(9-10-31-22)18-5-3-17(24)4-6-18/h3-8,11-13,15H,9-10,14H2,1-2H3. The first-order valence-corrected chi connectivity index (χ1v) is 10.0. The predicted octanol–water partition coefficient (Wildman–Crippen LogP) is 3.88. The molecule has 0 bridgehead atoms. The molecule has 1 aromatic heterocycles. The molecule has 2 aliphatic rings. The molecule has 3 heterocycles. The molecule has 0 N–H and O–H groups in total. The molecule has 0 fully saturated rings. The number of allylic oxidation sites excluding steroid dienone is 1. The second-order valence-electron chi connectivity index (χ2n) is 7.32. The van der Waals surface area contributed by atoms with Crippen molar-refractivity contribution in [1.29, 1.82) is 0 Å². The van der Waals surface area contributed by atoms with Gasteiger partial charge in [-0.15, -0.1) is 0 Å². The number of ether oxygens (including phenoxy) is 2. The van der Waals surface area contributed by atoms with Gasteiger partial charge < -0.3 is 23.8 Å². The number of rotatable bonds is 4. The summed E-state index contributed by atoms with van der Waals surface area (Å²) >= 11 is 0. The minimum absolute atomic E-state index is 0.261. The summed E-state index contributed by atoms with van der Waals surface area (Å²) in [6.07, 6.45) is 5.47. The van der Waals surface area contributed by atoms with Crippen molar-refractivity contribution in [3.63, 3.8) is 0 Å².